The molecule has 5 nitrogen and oxygen atoms in total. The number of hydrogen-bond donors (Lipinski definition) is 1. The molecule has 7 heteroatoms. The second-order valence-electron chi connectivity index (χ2n) is 4.58. The molecule has 23 heavy (non-hydrogen) atoms. The zero-order valence-electron chi connectivity index (χ0n) is 13.4. The van der Waals surface area contributed by atoms with E-state index in [9.17, 15) is 4.79 Å². The Hall–Kier alpha value is -1.50. The average molecular weight is 357 g/mol. The summed E-state index contributed by atoms with van der Waals surface area (Å²) in [6.45, 7) is 6.33. The molecule has 1 aromatic carbocycles. The Morgan fingerprint density at radius 3 is 2.65 bits per heavy atom. The minimum absolute atomic E-state index is 0. The average Bonchev–Trinajstić information content (AvgIpc) is 2.47. The first-order chi connectivity index (χ1) is 10.6. The van der Waals surface area contributed by atoms with E-state index in [2.05, 4.69) is 4.99 Å². The highest BCUT2D eigenvalue weighted by Crippen LogP contribution is 2.41. The van der Waals surface area contributed by atoms with Crippen molar-refractivity contribution in [3.8, 4) is 5.75 Å². The van der Waals surface area contributed by atoms with Gasteiger partial charge in [-0.2, -0.15) is 0 Å². The summed E-state index contributed by atoms with van der Waals surface area (Å²) in [5, 5.41) is 0. The van der Waals surface area contributed by atoms with Gasteiger partial charge >= 0.3 is 5.97 Å². The van der Waals surface area contributed by atoms with Crippen molar-refractivity contribution in [3.63, 3.8) is 0 Å². The van der Waals surface area contributed by atoms with E-state index >= 15 is 0 Å². The minimum Gasteiger partial charge on any atom is -0.493 e. The van der Waals surface area contributed by atoms with Crippen LogP contribution >= 0.6 is 24.2 Å². The molecule has 1 aliphatic rings. The first kappa shape index (κ1) is 19.5. The van der Waals surface area contributed by atoms with E-state index in [1.165, 1.54) is 11.8 Å². The molecule has 1 aliphatic heterocycles. The summed E-state index contributed by atoms with van der Waals surface area (Å²) in [4.78, 5) is 17.3. The van der Waals surface area contributed by atoms with Gasteiger partial charge in [-0.25, -0.2) is 4.79 Å². The van der Waals surface area contributed by atoms with Gasteiger partial charge in [-0.1, -0.05) is 30.0 Å². The summed E-state index contributed by atoms with van der Waals surface area (Å²) in [5.74, 6) is 0.334. The molecule has 126 valence electrons. The molecule has 0 amide bonds. The highest BCUT2D eigenvalue weighted by molar-refractivity contribution is 8.09. The third kappa shape index (κ3) is 4.50. The molecule has 0 aliphatic carbocycles. The van der Waals surface area contributed by atoms with Gasteiger partial charge in [0.1, 0.15) is 11.2 Å². The van der Waals surface area contributed by atoms with Gasteiger partial charge < -0.3 is 15.2 Å². The molecule has 0 saturated carbocycles. The zero-order chi connectivity index (χ0) is 16.1. The van der Waals surface area contributed by atoms with Crippen LogP contribution in [0.5, 0.6) is 5.75 Å². The van der Waals surface area contributed by atoms with Gasteiger partial charge in [0.05, 0.1) is 24.5 Å². The maximum atomic E-state index is 12.3. The van der Waals surface area contributed by atoms with E-state index in [1.807, 2.05) is 31.2 Å². The Labute approximate surface area is 146 Å². The quantitative estimate of drug-likeness (QED) is 0.820. The van der Waals surface area contributed by atoms with Crippen LogP contribution in [0.3, 0.4) is 0 Å². The molecule has 2 rings (SSSR count). The van der Waals surface area contributed by atoms with Crippen molar-refractivity contribution in [2.24, 2.45) is 10.7 Å². The molecule has 1 atom stereocenters. The van der Waals surface area contributed by atoms with Gasteiger partial charge in [-0.3, -0.25) is 4.99 Å². The Balaban J connectivity index is 0.00000264. The number of halogens is 1. The van der Waals surface area contributed by atoms with Crippen LogP contribution in [0.25, 0.3) is 4.91 Å². The minimum atomic E-state index is -0.442. The number of nitrogens with zero attached hydrogens (tertiary/aromatic N) is 1. The number of esters is 1. The van der Waals surface area contributed by atoms with Gasteiger partial charge in [0, 0.05) is 10.5 Å². The predicted octanol–water partition coefficient (Wildman–Crippen LogP) is 3.23. The fourth-order valence-electron chi connectivity index (χ4n) is 2.20. The van der Waals surface area contributed by atoms with Crippen molar-refractivity contribution in [2.75, 3.05) is 13.2 Å². The molecular formula is C16H21ClN2O3S. The fourth-order valence-corrected chi connectivity index (χ4v) is 3.30. The van der Waals surface area contributed by atoms with Gasteiger partial charge in [-0.15, -0.1) is 12.4 Å². The lowest BCUT2D eigenvalue weighted by atomic mass is 10.1. The molecule has 1 heterocycles. The number of nitrogens with two attached hydrogens (primary N) is 1. The summed E-state index contributed by atoms with van der Waals surface area (Å²) < 4.78 is 10.8. The maximum absolute atomic E-state index is 12.3. The van der Waals surface area contributed by atoms with E-state index in [1.54, 1.807) is 13.8 Å². The van der Waals surface area contributed by atoms with E-state index in [-0.39, 0.29) is 18.4 Å². The topological polar surface area (TPSA) is 73.9 Å². The standard InChI is InChI=1S/C16H20N2O3S.ClH/c1-4-20-12-9-7-6-8-11(12)14-13(15(19)21-5-2)10(3)18-16(17)22-14;/h6-9,16H,4-5,17H2,1-3H3;1H. The molecular weight excluding hydrogens is 336 g/mol. The molecule has 2 N–H and O–H groups in total. The SMILES string of the molecule is CCOC(=O)C1=C(c2ccccc2OCC)SC(N)N=C1C.Cl. The van der Waals surface area contributed by atoms with Crippen molar-refractivity contribution < 1.29 is 14.3 Å². The van der Waals surface area contributed by atoms with Crippen LogP contribution in [0.4, 0.5) is 0 Å². The number of aliphatic imine (C=N–C) groups is 1. The zero-order valence-corrected chi connectivity index (χ0v) is 15.0. The van der Waals surface area contributed by atoms with Crippen LogP contribution in [0, 0.1) is 0 Å². The normalized spacial score (nSPS) is 17.2. The molecule has 0 saturated heterocycles. The third-order valence-electron chi connectivity index (χ3n) is 3.06. The van der Waals surface area contributed by atoms with E-state index < -0.39 is 5.50 Å². The lowest BCUT2D eigenvalue weighted by Gasteiger charge is -2.23. The lowest BCUT2D eigenvalue weighted by molar-refractivity contribution is -0.137. The van der Waals surface area contributed by atoms with Crippen LogP contribution in [0.1, 0.15) is 26.3 Å². The summed E-state index contributed by atoms with van der Waals surface area (Å²) in [7, 11) is 0. The molecule has 0 aromatic heterocycles. The molecule has 1 unspecified atom stereocenters. The number of carbonyl (C=O) groups is 1. The van der Waals surface area contributed by atoms with Crippen LogP contribution < -0.4 is 10.5 Å². The van der Waals surface area contributed by atoms with Gasteiger partial charge in [0.2, 0.25) is 0 Å². The number of thioether (sulfide) groups is 1. The summed E-state index contributed by atoms with van der Waals surface area (Å²) in [6.07, 6.45) is 0. The Bertz CT molecular complexity index is 632. The van der Waals surface area contributed by atoms with Crippen LogP contribution in [-0.4, -0.2) is 30.4 Å². The molecule has 0 bridgehead atoms. The summed E-state index contributed by atoms with van der Waals surface area (Å²) in [6, 6.07) is 7.59. The Morgan fingerprint density at radius 1 is 1.30 bits per heavy atom. The number of ether oxygens (including phenoxy) is 2. The number of carbonyl (C=O) groups excluding carboxylic acids is 1. The lowest BCUT2D eigenvalue weighted by Crippen LogP contribution is -2.25. The van der Waals surface area contributed by atoms with Crippen molar-refractivity contribution in [1.82, 2.24) is 0 Å². The first-order valence-corrected chi connectivity index (χ1v) is 8.07. The van der Waals surface area contributed by atoms with Crippen molar-refractivity contribution in [1.29, 1.82) is 0 Å². The van der Waals surface area contributed by atoms with Crippen molar-refractivity contribution in [2.45, 2.75) is 26.3 Å². The van der Waals surface area contributed by atoms with Crippen LogP contribution in [-0.2, 0) is 9.53 Å². The van der Waals surface area contributed by atoms with Crippen molar-refractivity contribution >= 4 is 40.8 Å². The molecule has 0 fully saturated rings. The summed E-state index contributed by atoms with van der Waals surface area (Å²) >= 11 is 1.33. The summed E-state index contributed by atoms with van der Waals surface area (Å²) in [5.41, 5.74) is 7.40. The van der Waals surface area contributed by atoms with Gasteiger partial charge in [0.15, 0.2) is 0 Å². The van der Waals surface area contributed by atoms with Gasteiger partial charge in [0.25, 0.3) is 0 Å². The maximum Gasteiger partial charge on any atom is 0.341 e. The van der Waals surface area contributed by atoms with E-state index in [0.29, 0.717) is 24.5 Å². The smallest absolute Gasteiger partial charge is 0.341 e. The highest BCUT2D eigenvalue weighted by atomic mass is 35.5. The largest absolute Gasteiger partial charge is 0.493 e. The van der Waals surface area contributed by atoms with E-state index in [0.717, 1.165) is 16.2 Å². The monoisotopic (exact) mass is 356 g/mol. The molecule has 1 aromatic rings. The number of hydrogen-bond acceptors (Lipinski definition) is 6. The van der Waals surface area contributed by atoms with Crippen LogP contribution in [0.15, 0.2) is 34.8 Å². The van der Waals surface area contributed by atoms with E-state index in [4.69, 9.17) is 15.2 Å². The number of benzene rings is 1. The Kier molecular flexibility index (Phi) is 7.61. The number of para-hydroxylation sites is 1. The third-order valence-corrected chi connectivity index (χ3v) is 4.07. The Morgan fingerprint density at radius 2 is 2.00 bits per heavy atom. The highest BCUT2D eigenvalue weighted by Gasteiger charge is 2.28. The number of rotatable bonds is 5. The molecule has 0 radical (unpaired) electrons. The second-order valence-corrected chi connectivity index (χ2v) is 5.70. The second kappa shape index (κ2) is 8.96. The fraction of sp³-hybridized carbons (Fsp3) is 0.375. The van der Waals surface area contributed by atoms with Gasteiger partial charge in [-0.05, 0) is 26.8 Å². The van der Waals surface area contributed by atoms with Crippen LogP contribution in [0.2, 0.25) is 0 Å². The molecule has 0 spiro atoms. The predicted molar refractivity (Wildman–Crippen MR) is 97.1 cm³/mol. The van der Waals surface area contributed by atoms with Crippen molar-refractivity contribution in [3.05, 3.63) is 35.4 Å². The first-order valence-electron chi connectivity index (χ1n) is 7.19.